The number of imidazole rings is 1. The molecule has 0 unspecified atom stereocenters. The molecular formula is C21H21N5O2. The first kappa shape index (κ1) is 17.8. The number of rotatable bonds is 3. The van der Waals surface area contributed by atoms with Crippen molar-refractivity contribution in [2.45, 2.75) is 13.8 Å². The van der Waals surface area contributed by atoms with Crippen LogP contribution in [0, 0.1) is 13.8 Å². The number of fused-ring (bicyclic) bond motifs is 1. The maximum Gasteiger partial charge on any atom is 0.328 e. The van der Waals surface area contributed by atoms with Gasteiger partial charge >= 0.3 is 5.69 Å². The zero-order valence-electron chi connectivity index (χ0n) is 16.2. The van der Waals surface area contributed by atoms with Crippen LogP contribution in [0.2, 0.25) is 0 Å². The molecule has 28 heavy (non-hydrogen) atoms. The summed E-state index contributed by atoms with van der Waals surface area (Å²) in [5.41, 5.74) is 5.18. The van der Waals surface area contributed by atoms with Crippen molar-refractivity contribution in [2.24, 2.45) is 19.1 Å². The van der Waals surface area contributed by atoms with Gasteiger partial charge in [0.25, 0.3) is 5.56 Å². The van der Waals surface area contributed by atoms with E-state index >= 15 is 0 Å². The molecule has 2 aromatic heterocycles. The van der Waals surface area contributed by atoms with Crippen LogP contribution in [0.4, 0.5) is 5.69 Å². The molecule has 1 N–H and O–H groups in total. The highest BCUT2D eigenvalue weighted by molar-refractivity contribution is 5.85. The molecule has 4 aromatic rings. The Labute approximate surface area is 161 Å². The van der Waals surface area contributed by atoms with E-state index in [2.05, 4.69) is 10.1 Å². The van der Waals surface area contributed by atoms with E-state index in [1.165, 1.54) is 4.68 Å². The highest BCUT2D eigenvalue weighted by Gasteiger charge is 2.11. The van der Waals surface area contributed by atoms with Crippen molar-refractivity contribution in [2.75, 3.05) is 0 Å². The fourth-order valence-electron chi connectivity index (χ4n) is 3.38. The molecule has 0 radical (unpaired) electrons. The number of hydrogen-bond donors (Lipinski definition) is 1. The molecule has 0 bridgehead atoms. The minimum Gasteiger partial charge on any atom is -0.295 e. The van der Waals surface area contributed by atoms with Crippen LogP contribution in [0.1, 0.15) is 16.8 Å². The Balaban J connectivity index is 1.75. The van der Waals surface area contributed by atoms with E-state index < -0.39 is 0 Å². The molecule has 0 fully saturated rings. The third-order valence-electron chi connectivity index (χ3n) is 4.98. The monoisotopic (exact) mass is 375 g/mol. The maximum absolute atomic E-state index is 12.8. The predicted octanol–water partition coefficient (Wildman–Crippen LogP) is 2.72. The summed E-state index contributed by atoms with van der Waals surface area (Å²) >= 11 is 0. The minimum atomic E-state index is -0.153. The standard InChI is InChI=1S/C21H21N5O2/c1-13-6-5-7-16(10-13)26-20(27)17(14(2)23-26)12-22-15-8-9-18-19(11-15)25(4)21(28)24(18)3/h5-12,23H,1-4H3. The summed E-state index contributed by atoms with van der Waals surface area (Å²) in [4.78, 5) is 29.4. The van der Waals surface area contributed by atoms with Gasteiger partial charge in [0.05, 0.1) is 28.0 Å². The van der Waals surface area contributed by atoms with Gasteiger partial charge in [0.15, 0.2) is 0 Å². The van der Waals surface area contributed by atoms with Gasteiger partial charge in [0.2, 0.25) is 0 Å². The molecule has 0 aliphatic heterocycles. The first-order valence-corrected chi connectivity index (χ1v) is 8.95. The number of nitrogens with zero attached hydrogens (tertiary/aromatic N) is 4. The van der Waals surface area contributed by atoms with Gasteiger partial charge in [-0.2, -0.15) is 0 Å². The van der Waals surface area contributed by atoms with Crippen molar-refractivity contribution in [3.63, 3.8) is 0 Å². The summed E-state index contributed by atoms with van der Waals surface area (Å²) in [5.74, 6) is 0. The second-order valence-electron chi connectivity index (χ2n) is 6.96. The van der Waals surface area contributed by atoms with E-state index in [0.717, 1.165) is 28.0 Å². The molecule has 4 rings (SSSR count). The van der Waals surface area contributed by atoms with E-state index in [1.54, 1.807) is 29.4 Å². The average Bonchev–Trinajstić information content (AvgIpc) is 3.08. The summed E-state index contributed by atoms with van der Waals surface area (Å²) in [6.07, 6.45) is 1.57. The van der Waals surface area contributed by atoms with Gasteiger partial charge < -0.3 is 0 Å². The lowest BCUT2D eigenvalue weighted by atomic mass is 10.2. The topological polar surface area (TPSA) is 77.1 Å². The lowest BCUT2D eigenvalue weighted by molar-refractivity contribution is 0.795. The van der Waals surface area contributed by atoms with Crippen LogP contribution in [0.15, 0.2) is 57.0 Å². The van der Waals surface area contributed by atoms with Gasteiger partial charge in [0.1, 0.15) is 0 Å². The van der Waals surface area contributed by atoms with Crippen LogP contribution in [0.3, 0.4) is 0 Å². The maximum atomic E-state index is 12.8. The molecule has 0 saturated heterocycles. The highest BCUT2D eigenvalue weighted by atomic mass is 16.1. The molecule has 142 valence electrons. The Hall–Kier alpha value is -3.61. The zero-order chi connectivity index (χ0) is 20.0. The molecule has 0 aliphatic carbocycles. The second-order valence-corrected chi connectivity index (χ2v) is 6.96. The van der Waals surface area contributed by atoms with Gasteiger partial charge in [-0.15, -0.1) is 0 Å². The van der Waals surface area contributed by atoms with E-state index in [9.17, 15) is 9.59 Å². The smallest absolute Gasteiger partial charge is 0.295 e. The summed E-state index contributed by atoms with van der Waals surface area (Å²) < 4.78 is 4.70. The number of aromatic amines is 1. The van der Waals surface area contributed by atoms with Crippen molar-refractivity contribution in [3.8, 4) is 5.69 Å². The van der Waals surface area contributed by atoms with Crippen molar-refractivity contribution in [1.29, 1.82) is 0 Å². The Kier molecular flexibility index (Phi) is 4.15. The fraction of sp³-hybridized carbons (Fsp3) is 0.190. The van der Waals surface area contributed by atoms with E-state index in [4.69, 9.17) is 0 Å². The van der Waals surface area contributed by atoms with Crippen molar-refractivity contribution in [1.82, 2.24) is 18.9 Å². The van der Waals surface area contributed by atoms with Crippen molar-refractivity contribution < 1.29 is 0 Å². The van der Waals surface area contributed by atoms with Crippen LogP contribution < -0.4 is 11.2 Å². The first-order valence-electron chi connectivity index (χ1n) is 8.95. The zero-order valence-corrected chi connectivity index (χ0v) is 16.2. The number of nitrogens with one attached hydrogen (secondary N) is 1. The lowest BCUT2D eigenvalue weighted by Crippen LogP contribution is -2.19. The molecule has 7 nitrogen and oxygen atoms in total. The van der Waals surface area contributed by atoms with Gasteiger partial charge in [-0.1, -0.05) is 12.1 Å². The Morgan fingerprint density at radius 2 is 1.71 bits per heavy atom. The minimum absolute atomic E-state index is 0.0846. The Morgan fingerprint density at radius 3 is 2.46 bits per heavy atom. The number of benzene rings is 2. The summed E-state index contributed by atoms with van der Waals surface area (Å²) in [7, 11) is 3.47. The van der Waals surface area contributed by atoms with Gasteiger partial charge in [-0.05, 0) is 49.7 Å². The Morgan fingerprint density at radius 1 is 0.964 bits per heavy atom. The first-order chi connectivity index (χ1) is 13.4. The molecule has 0 amide bonds. The van der Waals surface area contributed by atoms with Crippen LogP contribution in [0.25, 0.3) is 16.7 Å². The number of aryl methyl sites for hydroxylation is 4. The van der Waals surface area contributed by atoms with Crippen LogP contribution in [0.5, 0.6) is 0 Å². The number of aromatic nitrogens is 4. The number of H-pyrrole nitrogens is 1. The molecule has 2 aromatic carbocycles. The second kappa shape index (κ2) is 6.53. The molecule has 0 saturated carbocycles. The van der Waals surface area contributed by atoms with Crippen molar-refractivity contribution in [3.05, 3.63) is 80.1 Å². The summed E-state index contributed by atoms with van der Waals surface area (Å²) in [6.45, 7) is 3.83. The van der Waals surface area contributed by atoms with Crippen LogP contribution in [-0.2, 0) is 14.1 Å². The molecule has 0 spiro atoms. The van der Waals surface area contributed by atoms with Gasteiger partial charge in [0, 0.05) is 26.0 Å². The molecule has 7 heteroatoms. The van der Waals surface area contributed by atoms with Crippen molar-refractivity contribution >= 4 is 22.9 Å². The predicted molar refractivity (Wildman–Crippen MR) is 111 cm³/mol. The highest BCUT2D eigenvalue weighted by Crippen LogP contribution is 2.20. The fourth-order valence-corrected chi connectivity index (χ4v) is 3.38. The number of aliphatic imine (C=N–C) groups is 1. The van der Waals surface area contributed by atoms with E-state index in [1.807, 2.05) is 56.3 Å². The third kappa shape index (κ3) is 2.81. The third-order valence-corrected chi connectivity index (χ3v) is 4.98. The lowest BCUT2D eigenvalue weighted by Gasteiger charge is -2.02. The van der Waals surface area contributed by atoms with Crippen LogP contribution >= 0.6 is 0 Å². The molecular weight excluding hydrogens is 354 g/mol. The van der Waals surface area contributed by atoms with Gasteiger partial charge in [-0.25, -0.2) is 9.48 Å². The number of hydrogen-bond acceptors (Lipinski definition) is 3. The Bertz CT molecular complexity index is 1350. The quantitative estimate of drug-likeness (QED) is 0.559. The molecule has 0 aliphatic rings. The van der Waals surface area contributed by atoms with Gasteiger partial charge in [-0.3, -0.25) is 24.0 Å². The molecule has 0 atom stereocenters. The van der Waals surface area contributed by atoms with E-state index in [-0.39, 0.29) is 11.2 Å². The summed E-state index contributed by atoms with van der Waals surface area (Å²) in [5, 5.41) is 3.11. The normalized spacial score (nSPS) is 11.7. The largest absolute Gasteiger partial charge is 0.328 e. The van der Waals surface area contributed by atoms with Crippen LogP contribution in [-0.4, -0.2) is 25.1 Å². The SMILES string of the molecule is Cc1cccc(-n2[nH]c(C)c(C=Nc3ccc4c(c3)n(C)c(=O)n4C)c2=O)c1. The average molecular weight is 375 g/mol. The summed E-state index contributed by atoms with van der Waals surface area (Å²) in [6, 6.07) is 13.3. The van der Waals surface area contributed by atoms with E-state index in [0.29, 0.717) is 11.3 Å². The molecule has 2 heterocycles.